The molecule has 6 heteroatoms. The highest BCUT2D eigenvalue weighted by Gasteiger charge is 2.25. The zero-order chi connectivity index (χ0) is 15.4. The smallest absolute Gasteiger partial charge is 0.272 e. The summed E-state index contributed by atoms with van der Waals surface area (Å²) in [5.41, 5.74) is 0.459. The van der Waals surface area contributed by atoms with Gasteiger partial charge in [0.05, 0.1) is 6.42 Å². The normalized spacial score (nSPS) is 14.9. The summed E-state index contributed by atoms with van der Waals surface area (Å²) in [5.74, 6) is 0.0679. The minimum atomic E-state index is -0.0639. The third-order valence-electron chi connectivity index (χ3n) is 3.71. The van der Waals surface area contributed by atoms with Crippen LogP contribution in [0.4, 0.5) is 0 Å². The van der Waals surface area contributed by atoms with E-state index in [1.807, 2.05) is 22.4 Å². The molecule has 0 aliphatic carbocycles. The lowest BCUT2D eigenvalue weighted by Gasteiger charge is -2.34. The number of pyridine rings is 1. The molecule has 0 atom stereocenters. The molecular weight excluding hydrogens is 298 g/mol. The number of hydrogen-bond acceptors (Lipinski definition) is 4. The molecule has 2 aromatic rings. The minimum absolute atomic E-state index is 0.0639. The van der Waals surface area contributed by atoms with Gasteiger partial charge in [-0.15, -0.1) is 11.3 Å². The van der Waals surface area contributed by atoms with E-state index in [1.54, 1.807) is 40.6 Å². The lowest BCUT2D eigenvalue weighted by Crippen LogP contribution is -2.51. The Labute approximate surface area is 133 Å². The molecule has 5 nitrogen and oxygen atoms in total. The van der Waals surface area contributed by atoms with E-state index in [9.17, 15) is 9.59 Å². The van der Waals surface area contributed by atoms with E-state index in [1.165, 1.54) is 0 Å². The highest BCUT2D eigenvalue weighted by atomic mass is 32.1. The summed E-state index contributed by atoms with van der Waals surface area (Å²) in [6.07, 6.45) is 2.07. The number of piperazine rings is 1. The zero-order valence-electron chi connectivity index (χ0n) is 12.1. The van der Waals surface area contributed by atoms with Crippen molar-refractivity contribution in [2.75, 3.05) is 26.2 Å². The summed E-state index contributed by atoms with van der Waals surface area (Å²) < 4.78 is 0. The summed E-state index contributed by atoms with van der Waals surface area (Å²) in [5, 5.41) is 1.98. The lowest BCUT2D eigenvalue weighted by molar-refractivity contribution is -0.131. The van der Waals surface area contributed by atoms with Crippen molar-refractivity contribution in [2.24, 2.45) is 0 Å². The van der Waals surface area contributed by atoms with Crippen molar-refractivity contribution < 1.29 is 9.59 Å². The maximum atomic E-state index is 12.3. The number of hydrogen-bond donors (Lipinski definition) is 0. The van der Waals surface area contributed by atoms with Gasteiger partial charge in [0.1, 0.15) is 5.69 Å². The average molecular weight is 315 g/mol. The Kier molecular flexibility index (Phi) is 4.48. The number of carbonyl (C=O) groups is 2. The van der Waals surface area contributed by atoms with Gasteiger partial charge in [-0.1, -0.05) is 12.1 Å². The molecule has 0 unspecified atom stereocenters. The maximum Gasteiger partial charge on any atom is 0.272 e. The zero-order valence-corrected chi connectivity index (χ0v) is 13.0. The molecule has 1 aliphatic heterocycles. The molecule has 2 amide bonds. The molecule has 22 heavy (non-hydrogen) atoms. The highest BCUT2D eigenvalue weighted by Crippen LogP contribution is 2.13. The number of carbonyl (C=O) groups excluding carboxylic acids is 2. The van der Waals surface area contributed by atoms with Crippen molar-refractivity contribution in [1.29, 1.82) is 0 Å². The van der Waals surface area contributed by atoms with Gasteiger partial charge in [0.2, 0.25) is 5.91 Å². The van der Waals surface area contributed by atoms with Crippen LogP contribution in [-0.2, 0) is 11.2 Å². The van der Waals surface area contributed by atoms with Gasteiger partial charge in [0.25, 0.3) is 5.91 Å². The Balaban J connectivity index is 1.54. The molecule has 0 radical (unpaired) electrons. The highest BCUT2D eigenvalue weighted by molar-refractivity contribution is 7.10. The van der Waals surface area contributed by atoms with Gasteiger partial charge < -0.3 is 9.80 Å². The number of rotatable bonds is 3. The van der Waals surface area contributed by atoms with Gasteiger partial charge in [-0.2, -0.15) is 0 Å². The molecule has 2 aromatic heterocycles. The first-order valence-electron chi connectivity index (χ1n) is 7.24. The Morgan fingerprint density at radius 1 is 1.05 bits per heavy atom. The molecule has 0 bridgehead atoms. The predicted octanol–water partition coefficient (Wildman–Crippen LogP) is 1.67. The third-order valence-corrected chi connectivity index (χ3v) is 4.59. The molecule has 0 saturated carbocycles. The quantitative estimate of drug-likeness (QED) is 0.866. The van der Waals surface area contributed by atoms with Crippen LogP contribution in [0.25, 0.3) is 0 Å². The number of amides is 2. The van der Waals surface area contributed by atoms with Crippen molar-refractivity contribution in [1.82, 2.24) is 14.8 Å². The summed E-state index contributed by atoms with van der Waals surface area (Å²) in [6, 6.07) is 9.25. The minimum Gasteiger partial charge on any atom is -0.339 e. The van der Waals surface area contributed by atoms with Crippen LogP contribution in [0, 0.1) is 0 Å². The molecule has 1 fully saturated rings. The third kappa shape index (κ3) is 3.33. The summed E-state index contributed by atoms with van der Waals surface area (Å²) in [4.78, 5) is 33.3. The van der Waals surface area contributed by atoms with Gasteiger partial charge in [-0.25, -0.2) is 0 Å². The first-order chi connectivity index (χ1) is 10.7. The first-order valence-corrected chi connectivity index (χ1v) is 8.12. The molecule has 3 heterocycles. The Bertz CT molecular complexity index is 635. The van der Waals surface area contributed by atoms with Gasteiger partial charge in [0, 0.05) is 37.3 Å². The van der Waals surface area contributed by atoms with Crippen LogP contribution in [0.15, 0.2) is 41.9 Å². The topological polar surface area (TPSA) is 53.5 Å². The number of thiophene rings is 1. The Morgan fingerprint density at radius 2 is 1.82 bits per heavy atom. The van der Waals surface area contributed by atoms with E-state index in [0.29, 0.717) is 38.3 Å². The number of nitrogens with zero attached hydrogens (tertiary/aromatic N) is 3. The fourth-order valence-electron chi connectivity index (χ4n) is 2.48. The van der Waals surface area contributed by atoms with Crippen molar-refractivity contribution in [3.05, 3.63) is 52.5 Å². The van der Waals surface area contributed by atoms with E-state index in [4.69, 9.17) is 0 Å². The lowest BCUT2D eigenvalue weighted by atomic mass is 10.2. The van der Waals surface area contributed by atoms with Gasteiger partial charge in [-0.05, 0) is 23.6 Å². The molecule has 1 aliphatic rings. The summed E-state index contributed by atoms with van der Waals surface area (Å²) >= 11 is 1.60. The van der Waals surface area contributed by atoms with Gasteiger partial charge in [-0.3, -0.25) is 14.6 Å². The van der Waals surface area contributed by atoms with Crippen molar-refractivity contribution in [3.8, 4) is 0 Å². The van der Waals surface area contributed by atoms with E-state index >= 15 is 0 Å². The Morgan fingerprint density at radius 3 is 2.45 bits per heavy atom. The fraction of sp³-hybridized carbons (Fsp3) is 0.312. The standard InChI is InChI=1S/C16H17N3O2S/c20-15(12-13-4-3-11-22-13)18-7-9-19(10-8-18)16(21)14-5-1-2-6-17-14/h1-6,11H,7-10,12H2. The van der Waals surface area contributed by atoms with Crippen molar-refractivity contribution >= 4 is 23.2 Å². The monoisotopic (exact) mass is 315 g/mol. The average Bonchev–Trinajstić information content (AvgIpc) is 3.08. The predicted molar refractivity (Wildman–Crippen MR) is 84.7 cm³/mol. The Hall–Kier alpha value is -2.21. The number of aromatic nitrogens is 1. The molecule has 0 spiro atoms. The van der Waals surface area contributed by atoms with Crippen molar-refractivity contribution in [2.45, 2.75) is 6.42 Å². The van der Waals surface area contributed by atoms with Gasteiger partial charge >= 0.3 is 0 Å². The second kappa shape index (κ2) is 6.70. The van der Waals surface area contributed by atoms with E-state index < -0.39 is 0 Å². The van der Waals surface area contributed by atoms with Crippen LogP contribution in [-0.4, -0.2) is 52.8 Å². The van der Waals surface area contributed by atoms with Crippen LogP contribution >= 0.6 is 11.3 Å². The van der Waals surface area contributed by atoms with Gasteiger partial charge in [0.15, 0.2) is 0 Å². The van der Waals surface area contributed by atoms with Crippen LogP contribution in [0.3, 0.4) is 0 Å². The SMILES string of the molecule is O=C(Cc1cccs1)N1CCN(C(=O)c2ccccn2)CC1. The molecule has 0 N–H and O–H groups in total. The molecule has 3 rings (SSSR count). The molecule has 0 aromatic carbocycles. The fourth-order valence-corrected chi connectivity index (χ4v) is 3.18. The van der Waals surface area contributed by atoms with Crippen LogP contribution in [0.1, 0.15) is 15.4 Å². The molecule has 114 valence electrons. The maximum absolute atomic E-state index is 12.3. The van der Waals surface area contributed by atoms with Crippen molar-refractivity contribution in [3.63, 3.8) is 0 Å². The van der Waals surface area contributed by atoms with Crippen LogP contribution < -0.4 is 0 Å². The van der Waals surface area contributed by atoms with E-state index in [0.717, 1.165) is 4.88 Å². The summed E-state index contributed by atoms with van der Waals surface area (Å²) in [6.45, 7) is 2.29. The second-order valence-electron chi connectivity index (χ2n) is 5.14. The van der Waals surface area contributed by atoms with E-state index in [2.05, 4.69) is 4.98 Å². The second-order valence-corrected chi connectivity index (χ2v) is 6.18. The largest absolute Gasteiger partial charge is 0.339 e. The first kappa shape index (κ1) is 14.7. The van der Waals surface area contributed by atoms with E-state index in [-0.39, 0.29) is 11.8 Å². The summed E-state index contributed by atoms with van der Waals surface area (Å²) in [7, 11) is 0. The molecule has 1 saturated heterocycles. The van der Waals surface area contributed by atoms with Crippen LogP contribution in [0.5, 0.6) is 0 Å². The molecular formula is C16H17N3O2S. The van der Waals surface area contributed by atoms with Crippen LogP contribution in [0.2, 0.25) is 0 Å².